The van der Waals surface area contributed by atoms with Gasteiger partial charge in [-0.3, -0.25) is 4.79 Å². The van der Waals surface area contributed by atoms with Crippen LogP contribution in [-0.2, 0) is 11.2 Å². The first kappa shape index (κ1) is 19.0. The van der Waals surface area contributed by atoms with Crippen molar-refractivity contribution >= 4 is 35.0 Å². The maximum Gasteiger partial charge on any atom is 0.234 e. The van der Waals surface area contributed by atoms with Gasteiger partial charge in [0.15, 0.2) is 5.82 Å². The Balaban J connectivity index is 1.48. The third-order valence-electron chi connectivity index (χ3n) is 4.72. The van der Waals surface area contributed by atoms with Crippen LogP contribution < -0.4 is 11.2 Å². The number of amides is 1. The van der Waals surface area contributed by atoms with E-state index in [0.29, 0.717) is 15.9 Å². The minimum atomic E-state index is -0.158. The van der Waals surface area contributed by atoms with E-state index in [0.717, 1.165) is 24.6 Å². The van der Waals surface area contributed by atoms with E-state index in [1.54, 1.807) is 12.1 Å². The Labute approximate surface area is 162 Å². The monoisotopic (exact) mass is 393 g/mol. The van der Waals surface area contributed by atoms with Crippen LogP contribution >= 0.6 is 23.4 Å². The normalized spacial score (nSPS) is 15.1. The van der Waals surface area contributed by atoms with E-state index in [1.165, 1.54) is 48.5 Å². The Hall–Kier alpha value is -1.73. The zero-order valence-corrected chi connectivity index (χ0v) is 16.2. The SMILES string of the molecule is Nn1c(CCC2CCCCC2)nnc1SCC(=O)Nc1ccccc1Cl. The molecule has 0 spiro atoms. The zero-order chi connectivity index (χ0) is 18.4. The number of hydrogen-bond acceptors (Lipinski definition) is 5. The van der Waals surface area contributed by atoms with Gasteiger partial charge in [0.1, 0.15) is 0 Å². The van der Waals surface area contributed by atoms with Crippen LogP contribution in [0.2, 0.25) is 5.02 Å². The highest BCUT2D eigenvalue weighted by atomic mass is 35.5. The van der Waals surface area contributed by atoms with Crippen molar-refractivity contribution in [2.24, 2.45) is 5.92 Å². The van der Waals surface area contributed by atoms with Gasteiger partial charge in [0.2, 0.25) is 11.1 Å². The molecule has 1 amide bonds. The Morgan fingerprint density at radius 1 is 1.27 bits per heavy atom. The first-order valence-electron chi connectivity index (χ1n) is 9.00. The van der Waals surface area contributed by atoms with Crippen LogP contribution in [0.1, 0.15) is 44.3 Å². The fourth-order valence-electron chi connectivity index (χ4n) is 3.26. The molecule has 0 aliphatic heterocycles. The summed E-state index contributed by atoms with van der Waals surface area (Å²) in [4.78, 5) is 12.1. The topological polar surface area (TPSA) is 85.8 Å². The van der Waals surface area contributed by atoms with Crippen molar-refractivity contribution in [1.29, 1.82) is 0 Å². The van der Waals surface area contributed by atoms with Crippen LogP contribution in [-0.4, -0.2) is 26.5 Å². The maximum atomic E-state index is 12.1. The van der Waals surface area contributed by atoms with Gasteiger partial charge in [-0.15, -0.1) is 10.2 Å². The molecule has 3 rings (SSSR count). The summed E-state index contributed by atoms with van der Waals surface area (Å²) < 4.78 is 1.51. The molecule has 1 aromatic heterocycles. The minimum Gasteiger partial charge on any atom is -0.336 e. The van der Waals surface area contributed by atoms with Gasteiger partial charge in [0, 0.05) is 6.42 Å². The quantitative estimate of drug-likeness (QED) is 0.550. The van der Waals surface area contributed by atoms with Gasteiger partial charge in [-0.05, 0) is 24.5 Å². The number of rotatable bonds is 7. The number of nitrogens with two attached hydrogens (primary N) is 1. The molecule has 140 valence electrons. The Morgan fingerprint density at radius 2 is 2.04 bits per heavy atom. The number of aryl methyl sites for hydroxylation is 1. The van der Waals surface area contributed by atoms with E-state index >= 15 is 0 Å². The summed E-state index contributed by atoms with van der Waals surface area (Å²) >= 11 is 7.32. The fourth-order valence-corrected chi connectivity index (χ4v) is 4.12. The molecule has 1 aliphatic rings. The second kappa shape index (κ2) is 9.28. The molecule has 26 heavy (non-hydrogen) atoms. The molecular formula is C18H24ClN5OS. The Morgan fingerprint density at radius 3 is 2.81 bits per heavy atom. The van der Waals surface area contributed by atoms with Crippen LogP contribution in [0.5, 0.6) is 0 Å². The van der Waals surface area contributed by atoms with Gasteiger partial charge >= 0.3 is 0 Å². The van der Waals surface area contributed by atoms with Crippen LogP contribution in [0.15, 0.2) is 29.4 Å². The average Bonchev–Trinajstić information content (AvgIpc) is 3.01. The van der Waals surface area contributed by atoms with Crippen molar-refractivity contribution in [2.75, 3.05) is 16.9 Å². The third kappa shape index (κ3) is 5.14. The largest absolute Gasteiger partial charge is 0.336 e. The van der Waals surface area contributed by atoms with Gasteiger partial charge < -0.3 is 11.2 Å². The molecule has 1 aliphatic carbocycles. The summed E-state index contributed by atoms with van der Waals surface area (Å²) in [5.74, 6) is 7.70. The molecule has 0 unspecified atom stereocenters. The van der Waals surface area contributed by atoms with Crippen LogP contribution in [0, 0.1) is 5.92 Å². The lowest BCUT2D eigenvalue weighted by molar-refractivity contribution is -0.113. The first-order valence-corrected chi connectivity index (χ1v) is 10.4. The molecule has 0 saturated heterocycles. The molecule has 1 heterocycles. The molecule has 8 heteroatoms. The van der Waals surface area contributed by atoms with E-state index in [2.05, 4.69) is 15.5 Å². The molecule has 3 N–H and O–H groups in total. The molecule has 6 nitrogen and oxygen atoms in total. The number of aromatic nitrogens is 3. The molecular weight excluding hydrogens is 370 g/mol. The van der Waals surface area contributed by atoms with Crippen molar-refractivity contribution in [2.45, 2.75) is 50.1 Å². The molecule has 2 aromatic rings. The lowest BCUT2D eigenvalue weighted by atomic mass is 9.86. The highest BCUT2D eigenvalue weighted by Crippen LogP contribution is 2.27. The number of nitrogens with zero attached hydrogens (tertiary/aromatic N) is 3. The summed E-state index contributed by atoms with van der Waals surface area (Å²) in [5, 5.41) is 12.2. The van der Waals surface area contributed by atoms with Crippen molar-refractivity contribution in [3.63, 3.8) is 0 Å². The molecule has 0 bridgehead atoms. The molecule has 1 aromatic carbocycles. The predicted octanol–water partition coefficient (Wildman–Crippen LogP) is 3.89. The third-order valence-corrected chi connectivity index (χ3v) is 5.99. The number of anilines is 1. The Kier molecular flexibility index (Phi) is 6.80. The van der Waals surface area contributed by atoms with E-state index in [-0.39, 0.29) is 11.7 Å². The van der Waals surface area contributed by atoms with Crippen LogP contribution in [0.3, 0.4) is 0 Å². The summed E-state index contributed by atoms with van der Waals surface area (Å²) in [7, 11) is 0. The maximum absolute atomic E-state index is 12.1. The minimum absolute atomic E-state index is 0.158. The number of halogens is 1. The number of hydrogen-bond donors (Lipinski definition) is 2. The smallest absolute Gasteiger partial charge is 0.234 e. The highest BCUT2D eigenvalue weighted by Gasteiger charge is 2.17. The van der Waals surface area contributed by atoms with Gasteiger partial charge in [-0.25, -0.2) is 4.68 Å². The number of nitrogens with one attached hydrogen (secondary N) is 1. The number of benzene rings is 1. The van der Waals surface area contributed by atoms with Gasteiger partial charge in [-0.1, -0.05) is 67.6 Å². The van der Waals surface area contributed by atoms with Crippen molar-refractivity contribution in [3.05, 3.63) is 35.1 Å². The first-order chi connectivity index (χ1) is 12.6. The molecule has 0 radical (unpaired) electrons. The van der Waals surface area contributed by atoms with Crippen LogP contribution in [0.4, 0.5) is 5.69 Å². The van der Waals surface area contributed by atoms with E-state index in [9.17, 15) is 4.79 Å². The molecule has 0 atom stereocenters. The standard InChI is InChI=1S/C18H24ClN5OS/c19-14-8-4-5-9-15(14)21-17(25)12-26-18-23-22-16(24(18)20)11-10-13-6-2-1-3-7-13/h4-5,8-9,13H,1-3,6-7,10-12,20H2,(H,21,25). The zero-order valence-electron chi connectivity index (χ0n) is 14.7. The number of nitrogen functional groups attached to an aromatic ring is 1. The molecule has 1 fully saturated rings. The number of para-hydroxylation sites is 1. The van der Waals surface area contributed by atoms with Gasteiger partial charge in [0.05, 0.1) is 16.5 Å². The van der Waals surface area contributed by atoms with Crippen molar-refractivity contribution in [3.8, 4) is 0 Å². The fraction of sp³-hybridized carbons (Fsp3) is 0.500. The Bertz CT molecular complexity index is 745. The lowest BCUT2D eigenvalue weighted by Crippen LogP contribution is -2.18. The summed E-state index contributed by atoms with van der Waals surface area (Å²) in [6.45, 7) is 0. The van der Waals surface area contributed by atoms with Crippen molar-refractivity contribution < 1.29 is 4.79 Å². The van der Waals surface area contributed by atoms with E-state index in [4.69, 9.17) is 17.4 Å². The predicted molar refractivity (Wildman–Crippen MR) is 106 cm³/mol. The number of thioether (sulfide) groups is 1. The lowest BCUT2D eigenvalue weighted by Gasteiger charge is -2.20. The highest BCUT2D eigenvalue weighted by molar-refractivity contribution is 7.99. The van der Waals surface area contributed by atoms with Gasteiger partial charge in [-0.2, -0.15) is 0 Å². The number of carbonyl (C=O) groups excluding carboxylic acids is 1. The van der Waals surface area contributed by atoms with Crippen LogP contribution in [0.25, 0.3) is 0 Å². The summed E-state index contributed by atoms with van der Waals surface area (Å²) in [5.41, 5.74) is 0.599. The van der Waals surface area contributed by atoms with E-state index in [1.807, 2.05) is 12.1 Å². The van der Waals surface area contributed by atoms with E-state index < -0.39 is 0 Å². The average molecular weight is 394 g/mol. The van der Waals surface area contributed by atoms with Gasteiger partial charge in [0.25, 0.3) is 0 Å². The summed E-state index contributed by atoms with van der Waals surface area (Å²) in [6.07, 6.45) is 8.59. The molecule has 1 saturated carbocycles. The summed E-state index contributed by atoms with van der Waals surface area (Å²) in [6, 6.07) is 7.14. The second-order valence-electron chi connectivity index (χ2n) is 6.63. The number of carbonyl (C=O) groups is 1. The second-order valence-corrected chi connectivity index (χ2v) is 7.98. The van der Waals surface area contributed by atoms with Crippen molar-refractivity contribution in [1.82, 2.24) is 14.9 Å².